The van der Waals surface area contributed by atoms with Gasteiger partial charge in [0, 0.05) is 12.5 Å². The maximum Gasteiger partial charge on any atom is 0.384 e. The standard InChI is InChI=1S/C28H48O5Si/c1-9-30-26(29)19-18-25(33-34(7,8)28(4,5)6)17-16-23(2)13-12-14-24(3)20-22-32-27-15-10-11-21-31-27/h13,20,25,27H,9-12,14-17,21-22H2,1-8H3/b23-13+,24-20+. The molecule has 1 aliphatic heterocycles. The van der Waals surface area contributed by atoms with E-state index >= 15 is 0 Å². The molecule has 194 valence electrons. The second-order valence-corrected chi connectivity index (χ2v) is 15.4. The number of ether oxygens (including phenoxy) is 3. The normalized spacial score (nSPS) is 18.8. The quantitative estimate of drug-likeness (QED) is 0.0971. The van der Waals surface area contributed by atoms with Crippen molar-refractivity contribution < 1.29 is 23.4 Å². The van der Waals surface area contributed by atoms with Gasteiger partial charge in [0.05, 0.1) is 13.2 Å². The zero-order valence-electron chi connectivity index (χ0n) is 22.9. The van der Waals surface area contributed by atoms with Crippen LogP contribution in [0.4, 0.5) is 0 Å². The van der Waals surface area contributed by atoms with Crippen LogP contribution in [0.5, 0.6) is 0 Å². The number of hydrogen-bond donors (Lipinski definition) is 0. The zero-order valence-corrected chi connectivity index (χ0v) is 23.9. The van der Waals surface area contributed by atoms with E-state index in [1.54, 1.807) is 6.92 Å². The smallest absolute Gasteiger partial charge is 0.384 e. The molecule has 0 spiro atoms. The summed E-state index contributed by atoms with van der Waals surface area (Å²) in [5.74, 6) is 5.17. The third-order valence-electron chi connectivity index (χ3n) is 6.54. The van der Waals surface area contributed by atoms with Crippen LogP contribution in [0.15, 0.2) is 23.3 Å². The lowest BCUT2D eigenvalue weighted by atomic mass is 10.1. The summed E-state index contributed by atoms with van der Waals surface area (Å²) in [7, 11) is -2.00. The fraction of sp³-hybridized carbons (Fsp3) is 0.750. The lowest BCUT2D eigenvalue weighted by Gasteiger charge is -2.38. The number of carbonyl (C=O) groups excluding carboxylic acids is 1. The molecule has 0 aromatic rings. The molecule has 0 N–H and O–H groups in total. The Morgan fingerprint density at radius 1 is 1.15 bits per heavy atom. The van der Waals surface area contributed by atoms with Crippen molar-refractivity contribution in [2.24, 2.45) is 0 Å². The van der Waals surface area contributed by atoms with Crippen molar-refractivity contribution in [3.63, 3.8) is 0 Å². The van der Waals surface area contributed by atoms with E-state index in [2.05, 4.69) is 71.7 Å². The molecule has 0 aromatic heterocycles. The fourth-order valence-electron chi connectivity index (χ4n) is 3.25. The Bertz CT molecular complexity index is 730. The van der Waals surface area contributed by atoms with E-state index in [4.69, 9.17) is 18.6 Å². The van der Waals surface area contributed by atoms with Crippen LogP contribution >= 0.6 is 0 Å². The van der Waals surface area contributed by atoms with Crippen LogP contribution in [0.3, 0.4) is 0 Å². The SMILES string of the molecule is CCOC(=O)C#CC(CC/C(C)=C/CC/C(C)=C/COC1CCCCO1)O[Si](C)(C)C(C)(C)C. The maximum atomic E-state index is 11.7. The number of rotatable bonds is 12. The molecule has 1 aliphatic rings. The maximum absolute atomic E-state index is 11.7. The summed E-state index contributed by atoms with van der Waals surface area (Å²) in [6, 6.07) is 0. The van der Waals surface area contributed by atoms with Gasteiger partial charge in [0.25, 0.3) is 0 Å². The summed E-state index contributed by atoms with van der Waals surface area (Å²) in [6.45, 7) is 18.9. The first-order valence-corrected chi connectivity index (χ1v) is 15.8. The molecule has 1 rings (SSSR count). The van der Waals surface area contributed by atoms with Gasteiger partial charge in [0.2, 0.25) is 0 Å². The van der Waals surface area contributed by atoms with E-state index in [0.29, 0.717) is 13.2 Å². The van der Waals surface area contributed by atoms with Crippen molar-refractivity contribution in [1.29, 1.82) is 0 Å². The van der Waals surface area contributed by atoms with Gasteiger partial charge in [-0.05, 0) is 83.8 Å². The molecule has 34 heavy (non-hydrogen) atoms. The minimum absolute atomic E-state index is 0.0339. The minimum Gasteiger partial charge on any atom is -0.456 e. The van der Waals surface area contributed by atoms with Gasteiger partial charge in [-0.15, -0.1) is 0 Å². The highest BCUT2D eigenvalue weighted by Gasteiger charge is 2.38. The molecule has 0 aromatic carbocycles. The summed E-state index contributed by atoms with van der Waals surface area (Å²) < 4.78 is 22.9. The van der Waals surface area contributed by atoms with Crippen molar-refractivity contribution in [2.45, 2.75) is 117 Å². The molecule has 0 amide bonds. The van der Waals surface area contributed by atoms with Crippen LogP contribution in [0.25, 0.3) is 0 Å². The number of esters is 1. The number of carbonyl (C=O) groups is 1. The van der Waals surface area contributed by atoms with Gasteiger partial charge in [-0.2, -0.15) is 0 Å². The number of hydrogen-bond acceptors (Lipinski definition) is 5. The molecule has 0 radical (unpaired) electrons. The molecular weight excluding hydrogens is 444 g/mol. The average Bonchev–Trinajstić information content (AvgIpc) is 2.75. The van der Waals surface area contributed by atoms with Crippen molar-refractivity contribution in [2.75, 3.05) is 19.8 Å². The zero-order chi connectivity index (χ0) is 25.6. The first-order valence-electron chi connectivity index (χ1n) is 12.8. The predicted molar refractivity (Wildman–Crippen MR) is 142 cm³/mol. The van der Waals surface area contributed by atoms with E-state index in [0.717, 1.165) is 45.1 Å². The lowest BCUT2D eigenvalue weighted by molar-refractivity contribution is -0.155. The molecule has 1 saturated heterocycles. The van der Waals surface area contributed by atoms with Gasteiger partial charge < -0.3 is 18.6 Å². The van der Waals surface area contributed by atoms with Crippen molar-refractivity contribution in [3.05, 3.63) is 23.3 Å². The largest absolute Gasteiger partial charge is 0.456 e. The highest BCUT2D eigenvalue weighted by molar-refractivity contribution is 6.74. The van der Waals surface area contributed by atoms with Crippen molar-refractivity contribution in [3.8, 4) is 11.8 Å². The predicted octanol–water partition coefficient (Wildman–Crippen LogP) is 6.94. The topological polar surface area (TPSA) is 54.0 Å². The molecule has 1 fully saturated rings. The highest BCUT2D eigenvalue weighted by atomic mass is 28.4. The Morgan fingerprint density at radius 3 is 2.47 bits per heavy atom. The second kappa shape index (κ2) is 15.6. The Morgan fingerprint density at radius 2 is 1.85 bits per heavy atom. The van der Waals surface area contributed by atoms with Crippen LogP contribution in [-0.4, -0.2) is 46.5 Å². The van der Waals surface area contributed by atoms with Gasteiger partial charge >= 0.3 is 5.97 Å². The summed E-state index contributed by atoms with van der Waals surface area (Å²) in [4.78, 5) is 11.7. The molecule has 6 heteroatoms. The first-order chi connectivity index (χ1) is 15.9. The van der Waals surface area contributed by atoms with Crippen LogP contribution in [0.1, 0.15) is 86.5 Å². The third kappa shape index (κ3) is 12.9. The minimum atomic E-state index is -2.00. The Hall–Kier alpha value is -1.39. The molecule has 0 saturated carbocycles. The van der Waals surface area contributed by atoms with Gasteiger partial charge in [0.1, 0.15) is 6.10 Å². The Kier molecular flexibility index (Phi) is 14.0. The summed E-state index contributed by atoms with van der Waals surface area (Å²) in [6.07, 6.45) is 11.2. The van der Waals surface area contributed by atoms with Crippen LogP contribution < -0.4 is 0 Å². The lowest BCUT2D eigenvalue weighted by Crippen LogP contribution is -2.43. The van der Waals surface area contributed by atoms with Crippen LogP contribution in [0, 0.1) is 11.8 Å². The molecule has 2 unspecified atom stereocenters. The summed E-state index contributed by atoms with van der Waals surface area (Å²) >= 11 is 0. The first kappa shape index (κ1) is 30.6. The van der Waals surface area contributed by atoms with Gasteiger partial charge in [-0.25, -0.2) is 4.79 Å². The number of allylic oxidation sites excluding steroid dienone is 3. The van der Waals surface area contributed by atoms with Crippen molar-refractivity contribution in [1.82, 2.24) is 0 Å². The fourth-order valence-corrected chi connectivity index (χ4v) is 4.49. The third-order valence-corrected chi connectivity index (χ3v) is 11.0. The van der Waals surface area contributed by atoms with Gasteiger partial charge in [-0.3, -0.25) is 0 Å². The van der Waals surface area contributed by atoms with E-state index in [1.165, 1.54) is 17.6 Å². The van der Waals surface area contributed by atoms with E-state index in [-0.39, 0.29) is 17.4 Å². The van der Waals surface area contributed by atoms with E-state index < -0.39 is 14.3 Å². The molecule has 2 atom stereocenters. The van der Waals surface area contributed by atoms with Crippen molar-refractivity contribution >= 4 is 14.3 Å². The Labute approximate surface area is 209 Å². The monoisotopic (exact) mass is 492 g/mol. The van der Waals surface area contributed by atoms with Gasteiger partial charge in [0.15, 0.2) is 14.6 Å². The molecule has 5 nitrogen and oxygen atoms in total. The average molecular weight is 493 g/mol. The van der Waals surface area contributed by atoms with Crippen LogP contribution in [0.2, 0.25) is 18.1 Å². The Balaban J connectivity index is 2.56. The summed E-state index contributed by atoms with van der Waals surface area (Å²) in [5.41, 5.74) is 2.65. The van der Waals surface area contributed by atoms with E-state index in [9.17, 15) is 4.79 Å². The molecule has 1 heterocycles. The summed E-state index contributed by atoms with van der Waals surface area (Å²) in [5, 5.41) is 0.0818. The highest BCUT2D eigenvalue weighted by Crippen LogP contribution is 2.37. The van der Waals surface area contributed by atoms with Crippen LogP contribution in [-0.2, 0) is 23.4 Å². The van der Waals surface area contributed by atoms with Gasteiger partial charge in [-0.1, -0.05) is 50.0 Å². The van der Waals surface area contributed by atoms with E-state index in [1.807, 2.05) is 0 Å². The molecular formula is C28H48O5Si. The second-order valence-electron chi connectivity index (χ2n) is 10.7. The molecule has 0 aliphatic carbocycles. The molecule has 0 bridgehead atoms.